The van der Waals surface area contributed by atoms with Crippen molar-refractivity contribution in [2.75, 3.05) is 0 Å². The molecule has 1 aromatic heterocycles. The van der Waals surface area contributed by atoms with E-state index in [1.165, 1.54) is 11.4 Å². The molecule has 13 heavy (non-hydrogen) atoms. The summed E-state index contributed by atoms with van der Waals surface area (Å²) in [5, 5.41) is 9.73. The van der Waals surface area contributed by atoms with E-state index in [2.05, 4.69) is 30.5 Å². The molecular weight excluding hydrogens is 162 g/mol. The van der Waals surface area contributed by atoms with E-state index < -0.39 is 0 Å². The van der Waals surface area contributed by atoms with Gasteiger partial charge in [-0.15, -0.1) is 0 Å². The van der Waals surface area contributed by atoms with Crippen molar-refractivity contribution in [3.63, 3.8) is 0 Å². The molecule has 1 unspecified atom stereocenters. The summed E-state index contributed by atoms with van der Waals surface area (Å²) >= 11 is 0. The van der Waals surface area contributed by atoms with E-state index in [1.807, 2.05) is 13.8 Å². The first kappa shape index (κ1) is 10.3. The molecule has 1 N–H and O–H groups in total. The molecule has 1 atom stereocenters. The molecular formula is C11H19NO. The van der Waals surface area contributed by atoms with E-state index in [1.54, 1.807) is 0 Å². The first-order valence-electron chi connectivity index (χ1n) is 4.83. The maximum absolute atomic E-state index is 9.73. The summed E-state index contributed by atoms with van der Waals surface area (Å²) in [4.78, 5) is 0. The first-order valence-corrected chi connectivity index (χ1v) is 4.83. The van der Waals surface area contributed by atoms with Gasteiger partial charge in [-0.2, -0.15) is 0 Å². The van der Waals surface area contributed by atoms with Gasteiger partial charge in [0.05, 0.1) is 6.10 Å². The number of rotatable bonds is 3. The third-order valence-electron chi connectivity index (χ3n) is 2.56. The van der Waals surface area contributed by atoms with Crippen LogP contribution in [0.25, 0.3) is 0 Å². The van der Waals surface area contributed by atoms with E-state index in [-0.39, 0.29) is 6.10 Å². The molecule has 1 heterocycles. The van der Waals surface area contributed by atoms with Crippen LogP contribution in [0.3, 0.4) is 0 Å². The van der Waals surface area contributed by atoms with E-state index in [0.717, 1.165) is 0 Å². The Morgan fingerprint density at radius 2 is 1.69 bits per heavy atom. The Balaban J connectivity index is 2.73. The van der Waals surface area contributed by atoms with Crippen molar-refractivity contribution in [3.8, 4) is 0 Å². The van der Waals surface area contributed by atoms with E-state index in [0.29, 0.717) is 12.5 Å². The van der Waals surface area contributed by atoms with Gasteiger partial charge < -0.3 is 9.67 Å². The second-order valence-corrected chi connectivity index (χ2v) is 4.04. The summed E-state index contributed by atoms with van der Waals surface area (Å²) in [6.07, 6.45) is -0.246. The minimum Gasteiger partial charge on any atom is -0.391 e. The Kier molecular flexibility index (Phi) is 3.15. The summed E-state index contributed by atoms with van der Waals surface area (Å²) in [7, 11) is 0. The number of aliphatic hydroxyl groups is 1. The molecule has 0 amide bonds. The van der Waals surface area contributed by atoms with Crippen molar-refractivity contribution >= 4 is 0 Å². The van der Waals surface area contributed by atoms with Gasteiger partial charge in [0.2, 0.25) is 0 Å². The number of hydrogen-bond donors (Lipinski definition) is 1. The van der Waals surface area contributed by atoms with Gasteiger partial charge >= 0.3 is 0 Å². The lowest BCUT2D eigenvalue weighted by molar-refractivity contribution is 0.106. The SMILES string of the molecule is Cc1ccc(C)n1CC(O)C(C)C. The molecule has 0 aromatic carbocycles. The zero-order valence-corrected chi connectivity index (χ0v) is 8.91. The van der Waals surface area contributed by atoms with Crippen LogP contribution in [0.4, 0.5) is 0 Å². The highest BCUT2D eigenvalue weighted by atomic mass is 16.3. The third kappa shape index (κ3) is 2.34. The summed E-state index contributed by atoms with van der Waals surface area (Å²) < 4.78 is 2.16. The smallest absolute Gasteiger partial charge is 0.0741 e. The summed E-state index contributed by atoms with van der Waals surface area (Å²) in [5.41, 5.74) is 2.44. The van der Waals surface area contributed by atoms with Crippen LogP contribution in [-0.4, -0.2) is 15.8 Å². The second kappa shape index (κ2) is 3.97. The van der Waals surface area contributed by atoms with Crippen LogP contribution >= 0.6 is 0 Å². The fourth-order valence-corrected chi connectivity index (χ4v) is 1.39. The molecule has 0 spiro atoms. The second-order valence-electron chi connectivity index (χ2n) is 4.04. The quantitative estimate of drug-likeness (QED) is 0.759. The predicted molar refractivity (Wildman–Crippen MR) is 54.8 cm³/mol. The number of aromatic nitrogens is 1. The van der Waals surface area contributed by atoms with Crippen LogP contribution in [0.5, 0.6) is 0 Å². The van der Waals surface area contributed by atoms with Gasteiger partial charge in [0, 0.05) is 17.9 Å². The monoisotopic (exact) mass is 181 g/mol. The molecule has 2 heteroatoms. The largest absolute Gasteiger partial charge is 0.391 e. The van der Waals surface area contributed by atoms with Crippen LogP contribution in [0, 0.1) is 19.8 Å². The molecule has 2 nitrogen and oxygen atoms in total. The van der Waals surface area contributed by atoms with Crippen molar-refractivity contribution in [1.29, 1.82) is 0 Å². The first-order chi connectivity index (χ1) is 6.02. The molecule has 0 saturated heterocycles. The standard InChI is InChI=1S/C11H19NO/c1-8(2)11(13)7-12-9(3)5-6-10(12)4/h5-6,8,11,13H,7H2,1-4H3. The molecule has 1 rings (SSSR count). The minimum absolute atomic E-state index is 0.246. The van der Waals surface area contributed by atoms with Crippen LogP contribution in [0.15, 0.2) is 12.1 Å². The minimum atomic E-state index is -0.246. The van der Waals surface area contributed by atoms with E-state index in [4.69, 9.17) is 0 Å². The number of hydrogen-bond acceptors (Lipinski definition) is 1. The maximum atomic E-state index is 9.73. The normalized spacial score (nSPS) is 13.7. The molecule has 1 aromatic rings. The lowest BCUT2D eigenvalue weighted by Crippen LogP contribution is -2.22. The molecule has 0 aliphatic heterocycles. The average Bonchev–Trinajstić information content (AvgIpc) is 2.35. The fourth-order valence-electron chi connectivity index (χ4n) is 1.39. The highest BCUT2D eigenvalue weighted by Crippen LogP contribution is 2.11. The van der Waals surface area contributed by atoms with Crippen LogP contribution in [0.1, 0.15) is 25.2 Å². The summed E-state index contributed by atoms with van der Waals surface area (Å²) in [6.45, 7) is 8.93. The molecule has 0 fully saturated rings. The van der Waals surface area contributed by atoms with Crippen LogP contribution in [-0.2, 0) is 6.54 Å². The lowest BCUT2D eigenvalue weighted by Gasteiger charge is -2.17. The summed E-state index contributed by atoms with van der Waals surface area (Å²) in [6, 6.07) is 4.17. The zero-order valence-electron chi connectivity index (χ0n) is 8.91. The predicted octanol–water partition coefficient (Wildman–Crippen LogP) is 2.12. The Morgan fingerprint density at radius 1 is 1.23 bits per heavy atom. The van der Waals surface area contributed by atoms with Crippen molar-refractivity contribution in [2.45, 2.75) is 40.3 Å². The van der Waals surface area contributed by atoms with E-state index in [9.17, 15) is 5.11 Å². The Labute approximate surface area is 80.2 Å². The van der Waals surface area contributed by atoms with Gasteiger partial charge in [-0.3, -0.25) is 0 Å². The number of aryl methyl sites for hydroxylation is 2. The zero-order chi connectivity index (χ0) is 10.0. The van der Waals surface area contributed by atoms with Gasteiger partial charge in [-0.25, -0.2) is 0 Å². The molecule has 0 radical (unpaired) electrons. The Morgan fingerprint density at radius 3 is 2.08 bits per heavy atom. The van der Waals surface area contributed by atoms with Gasteiger partial charge in [0.25, 0.3) is 0 Å². The molecule has 0 bridgehead atoms. The number of aliphatic hydroxyl groups excluding tert-OH is 1. The summed E-state index contributed by atoms with van der Waals surface area (Å²) in [5.74, 6) is 0.321. The van der Waals surface area contributed by atoms with Crippen LogP contribution < -0.4 is 0 Å². The lowest BCUT2D eigenvalue weighted by atomic mass is 10.1. The Hall–Kier alpha value is -0.760. The fraction of sp³-hybridized carbons (Fsp3) is 0.636. The van der Waals surface area contributed by atoms with Crippen molar-refractivity contribution < 1.29 is 5.11 Å². The third-order valence-corrected chi connectivity index (χ3v) is 2.56. The van der Waals surface area contributed by atoms with E-state index >= 15 is 0 Å². The molecule has 74 valence electrons. The molecule has 0 aliphatic carbocycles. The van der Waals surface area contributed by atoms with Gasteiger partial charge in [-0.1, -0.05) is 13.8 Å². The van der Waals surface area contributed by atoms with Crippen molar-refractivity contribution in [3.05, 3.63) is 23.5 Å². The topological polar surface area (TPSA) is 25.2 Å². The van der Waals surface area contributed by atoms with Crippen molar-refractivity contribution in [1.82, 2.24) is 4.57 Å². The van der Waals surface area contributed by atoms with Gasteiger partial charge in [-0.05, 0) is 31.9 Å². The van der Waals surface area contributed by atoms with Gasteiger partial charge in [0.1, 0.15) is 0 Å². The molecule has 0 aliphatic rings. The maximum Gasteiger partial charge on any atom is 0.0741 e. The number of nitrogens with zero attached hydrogens (tertiary/aromatic N) is 1. The van der Waals surface area contributed by atoms with Gasteiger partial charge in [0.15, 0.2) is 0 Å². The van der Waals surface area contributed by atoms with Crippen molar-refractivity contribution in [2.24, 2.45) is 5.92 Å². The molecule has 0 saturated carbocycles. The Bertz CT molecular complexity index is 256. The van der Waals surface area contributed by atoms with Crippen LogP contribution in [0.2, 0.25) is 0 Å². The highest BCUT2D eigenvalue weighted by molar-refractivity contribution is 5.13. The average molecular weight is 181 g/mol. The highest BCUT2D eigenvalue weighted by Gasteiger charge is 2.11.